The van der Waals surface area contributed by atoms with Gasteiger partial charge in [0.15, 0.2) is 0 Å². The number of ketones is 1. The number of Topliss-reactive ketones (excluding diaryl/α,β-unsaturated/α-hetero) is 1. The van der Waals surface area contributed by atoms with Crippen molar-refractivity contribution in [3.8, 4) is 0 Å². The highest BCUT2D eigenvalue weighted by atomic mass is 32.1. The second-order valence-electron chi connectivity index (χ2n) is 3.86. The molecule has 1 amide bonds. The number of amides is 1. The monoisotopic (exact) mass is 268 g/mol. The highest BCUT2D eigenvalue weighted by molar-refractivity contribution is 7.09. The predicted molar refractivity (Wildman–Crippen MR) is 62.7 cm³/mol. The summed E-state index contributed by atoms with van der Waals surface area (Å²) in [6, 6.07) is -0.714. The molecular formula is C11H12N2O4S. The van der Waals surface area contributed by atoms with Gasteiger partial charge >= 0.3 is 5.97 Å². The number of nitrogens with zero attached hydrogens (tertiary/aromatic N) is 2. The average molecular weight is 268 g/mol. The van der Waals surface area contributed by atoms with Crippen LogP contribution in [0.25, 0.3) is 0 Å². The number of hydrogen-bond acceptors (Lipinski definition) is 6. The molecule has 2 rings (SSSR count). The molecule has 1 unspecified atom stereocenters. The van der Waals surface area contributed by atoms with E-state index in [1.807, 2.05) is 0 Å². The number of methoxy groups -OCH3 is 1. The van der Waals surface area contributed by atoms with Gasteiger partial charge in [-0.05, 0) is 6.42 Å². The number of hydrogen-bond donors (Lipinski definition) is 0. The van der Waals surface area contributed by atoms with E-state index < -0.39 is 17.8 Å². The highest BCUT2D eigenvalue weighted by Crippen LogP contribution is 2.23. The van der Waals surface area contributed by atoms with Crippen LogP contribution in [0.4, 0.5) is 0 Å². The van der Waals surface area contributed by atoms with Crippen molar-refractivity contribution in [1.82, 2.24) is 9.88 Å². The Morgan fingerprint density at radius 3 is 3.00 bits per heavy atom. The van der Waals surface area contributed by atoms with Crippen LogP contribution in [0, 0.1) is 0 Å². The van der Waals surface area contributed by atoms with Crippen molar-refractivity contribution >= 4 is 29.0 Å². The number of esters is 1. The molecule has 2 heterocycles. The van der Waals surface area contributed by atoms with E-state index in [-0.39, 0.29) is 18.9 Å². The zero-order chi connectivity index (χ0) is 13.1. The molecule has 1 atom stereocenters. The second-order valence-corrected chi connectivity index (χ2v) is 4.84. The van der Waals surface area contributed by atoms with Crippen LogP contribution in [0.1, 0.15) is 17.8 Å². The molecule has 1 aliphatic rings. The summed E-state index contributed by atoms with van der Waals surface area (Å²) >= 11 is 1.41. The molecule has 0 spiro atoms. The Balaban J connectivity index is 2.12. The molecule has 0 saturated carbocycles. The SMILES string of the molecule is COC(=O)C(=O)C1CCC(=O)N1Cc1nccs1. The normalized spacial score (nSPS) is 19.1. The number of carbonyl (C=O) groups is 3. The Bertz CT molecular complexity index is 471. The molecule has 1 aromatic heterocycles. The summed E-state index contributed by atoms with van der Waals surface area (Å²) in [6.45, 7) is 0.268. The number of aromatic nitrogens is 1. The van der Waals surface area contributed by atoms with E-state index in [0.29, 0.717) is 6.42 Å². The highest BCUT2D eigenvalue weighted by Gasteiger charge is 2.39. The molecule has 7 heteroatoms. The van der Waals surface area contributed by atoms with Gasteiger partial charge in [0.25, 0.3) is 5.78 Å². The molecule has 1 fully saturated rings. The minimum absolute atomic E-state index is 0.132. The second kappa shape index (κ2) is 5.26. The number of likely N-dealkylation sites (tertiary alicyclic amines) is 1. The summed E-state index contributed by atoms with van der Waals surface area (Å²) in [6.07, 6.45) is 2.27. The molecule has 0 radical (unpaired) electrons. The van der Waals surface area contributed by atoms with Gasteiger partial charge in [0.05, 0.1) is 13.7 Å². The largest absolute Gasteiger partial charge is 0.463 e. The maximum atomic E-state index is 11.8. The van der Waals surface area contributed by atoms with Crippen molar-refractivity contribution < 1.29 is 19.1 Å². The zero-order valence-electron chi connectivity index (χ0n) is 9.79. The van der Waals surface area contributed by atoms with Crippen LogP contribution < -0.4 is 0 Å². The third-order valence-corrected chi connectivity index (χ3v) is 3.57. The first-order valence-corrected chi connectivity index (χ1v) is 6.31. The van der Waals surface area contributed by atoms with Gasteiger partial charge in [-0.2, -0.15) is 0 Å². The van der Waals surface area contributed by atoms with Crippen LogP contribution >= 0.6 is 11.3 Å². The Morgan fingerprint density at radius 2 is 2.39 bits per heavy atom. The summed E-state index contributed by atoms with van der Waals surface area (Å²) in [7, 11) is 1.15. The van der Waals surface area contributed by atoms with Gasteiger partial charge in [0.1, 0.15) is 11.0 Å². The Labute approximate surface area is 108 Å². The van der Waals surface area contributed by atoms with Crippen LogP contribution in [0.3, 0.4) is 0 Å². The van der Waals surface area contributed by atoms with Gasteiger partial charge in [0, 0.05) is 18.0 Å². The number of carbonyl (C=O) groups excluding carboxylic acids is 3. The van der Waals surface area contributed by atoms with Crippen LogP contribution in [0.5, 0.6) is 0 Å². The van der Waals surface area contributed by atoms with Gasteiger partial charge in [-0.3, -0.25) is 9.59 Å². The minimum Gasteiger partial charge on any atom is -0.463 e. The Hall–Kier alpha value is -1.76. The van der Waals surface area contributed by atoms with E-state index in [9.17, 15) is 14.4 Å². The lowest BCUT2D eigenvalue weighted by molar-refractivity contribution is -0.154. The fourth-order valence-electron chi connectivity index (χ4n) is 1.92. The van der Waals surface area contributed by atoms with Crippen molar-refractivity contribution in [2.24, 2.45) is 0 Å². The third kappa shape index (κ3) is 2.40. The van der Waals surface area contributed by atoms with E-state index in [2.05, 4.69) is 9.72 Å². The quantitative estimate of drug-likeness (QED) is 0.582. The first kappa shape index (κ1) is 12.7. The Morgan fingerprint density at radius 1 is 1.61 bits per heavy atom. The first-order valence-electron chi connectivity index (χ1n) is 5.43. The van der Waals surface area contributed by atoms with Crippen molar-refractivity contribution in [2.45, 2.75) is 25.4 Å². The number of ether oxygens (including phenoxy) is 1. The molecule has 0 aromatic carbocycles. The van der Waals surface area contributed by atoms with Crippen molar-refractivity contribution in [3.63, 3.8) is 0 Å². The molecule has 96 valence electrons. The van der Waals surface area contributed by atoms with E-state index in [1.165, 1.54) is 16.2 Å². The maximum Gasteiger partial charge on any atom is 0.376 e. The molecule has 0 aliphatic carbocycles. The summed E-state index contributed by atoms with van der Waals surface area (Å²) in [5, 5.41) is 2.54. The van der Waals surface area contributed by atoms with Crippen molar-refractivity contribution in [1.29, 1.82) is 0 Å². The van der Waals surface area contributed by atoms with Gasteiger partial charge in [0.2, 0.25) is 5.91 Å². The van der Waals surface area contributed by atoms with Gasteiger partial charge < -0.3 is 9.64 Å². The maximum absolute atomic E-state index is 11.8. The van der Waals surface area contributed by atoms with Gasteiger partial charge in [-0.1, -0.05) is 0 Å². The number of thiazole rings is 1. The fraction of sp³-hybridized carbons (Fsp3) is 0.455. The zero-order valence-corrected chi connectivity index (χ0v) is 10.6. The van der Waals surface area contributed by atoms with Gasteiger partial charge in [-0.15, -0.1) is 11.3 Å². The number of rotatable bonds is 4. The lowest BCUT2D eigenvalue weighted by Gasteiger charge is -2.21. The van der Waals surface area contributed by atoms with E-state index >= 15 is 0 Å². The molecule has 1 aromatic rings. The predicted octanol–water partition coefficient (Wildman–Crippen LogP) is 0.376. The minimum atomic E-state index is -0.904. The summed E-state index contributed by atoms with van der Waals surface area (Å²) < 4.78 is 4.40. The average Bonchev–Trinajstić information content (AvgIpc) is 2.99. The van der Waals surface area contributed by atoms with E-state index in [1.54, 1.807) is 11.6 Å². The lowest BCUT2D eigenvalue weighted by Crippen LogP contribution is -2.41. The standard InChI is InChI=1S/C11H12N2O4S/c1-17-11(16)10(15)7-2-3-9(14)13(7)6-8-12-4-5-18-8/h4-5,7H,2-3,6H2,1H3. The molecular weight excluding hydrogens is 256 g/mol. The van der Waals surface area contributed by atoms with E-state index in [0.717, 1.165) is 12.1 Å². The van der Waals surface area contributed by atoms with Crippen molar-refractivity contribution in [3.05, 3.63) is 16.6 Å². The third-order valence-electron chi connectivity index (χ3n) is 2.81. The lowest BCUT2D eigenvalue weighted by atomic mass is 10.1. The summed E-state index contributed by atoms with van der Waals surface area (Å²) in [4.78, 5) is 40.2. The van der Waals surface area contributed by atoms with Crippen molar-refractivity contribution in [2.75, 3.05) is 7.11 Å². The van der Waals surface area contributed by atoms with Crippen LogP contribution in [0.2, 0.25) is 0 Å². The first-order chi connectivity index (χ1) is 8.63. The van der Waals surface area contributed by atoms with Crippen LogP contribution in [0.15, 0.2) is 11.6 Å². The van der Waals surface area contributed by atoms with Crippen LogP contribution in [-0.2, 0) is 25.7 Å². The summed E-state index contributed by atoms with van der Waals surface area (Å²) in [5.41, 5.74) is 0. The fourth-order valence-corrected chi connectivity index (χ4v) is 2.53. The molecule has 0 bridgehead atoms. The van der Waals surface area contributed by atoms with E-state index in [4.69, 9.17) is 0 Å². The molecule has 1 saturated heterocycles. The Kier molecular flexibility index (Phi) is 3.71. The smallest absolute Gasteiger partial charge is 0.376 e. The molecule has 18 heavy (non-hydrogen) atoms. The molecule has 0 N–H and O–H groups in total. The van der Waals surface area contributed by atoms with Gasteiger partial charge in [-0.25, -0.2) is 9.78 Å². The molecule has 6 nitrogen and oxygen atoms in total. The van der Waals surface area contributed by atoms with Crippen LogP contribution in [-0.4, -0.2) is 40.7 Å². The molecule has 1 aliphatic heterocycles. The summed E-state index contributed by atoms with van der Waals surface area (Å²) in [5.74, 6) is -1.70. The topological polar surface area (TPSA) is 76.6 Å².